The fourth-order valence-electron chi connectivity index (χ4n) is 3.63. The Kier molecular flexibility index (Phi) is 5.27. The summed E-state index contributed by atoms with van der Waals surface area (Å²) in [6.45, 7) is 4.21. The molecule has 156 valence electrons. The SMILES string of the molecule is CC(C)(NC(=O)CCCN1C(=O)c2ccc(Br)cc2C1=O)c1ccc2c(c1)OCO2. The number of carbonyl (C=O) groups excluding carboxylic acids is 3. The molecule has 0 bridgehead atoms. The molecule has 2 aromatic rings. The van der Waals surface area contributed by atoms with Gasteiger partial charge in [-0.1, -0.05) is 22.0 Å². The first-order chi connectivity index (χ1) is 14.3. The summed E-state index contributed by atoms with van der Waals surface area (Å²) < 4.78 is 11.5. The van der Waals surface area contributed by atoms with Crippen molar-refractivity contribution in [2.45, 2.75) is 32.2 Å². The van der Waals surface area contributed by atoms with E-state index in [0.717, 1.165) is 10.0 Å². The lowest BCUT2D eigenvalue weighted by Gasteiger charge is -2.27. The second-order valence-electron chi connectivity index (χ2n) is 7.80. The summed E-state index contributed by atoms with van der Waals surface area (Å²) in [6.07, 6.45) is 0.584. The highest BCUT2D eigenvalue weighted by molar-refractivity contribution is 9.10. The highest BCUT2D eigenvalue weighted by Crippen LogP contribution is 2.35. The first-order valence-electron chi connectivity index (χ1n) is 9.63. The van der Waals surface area contributed by atoms with Gasteiger partial charge < -0.3 is 14.8 Å². The van der Waals surface area contributed by atoms with E-state index in [1.165, 1.54) is 4.90 Å². The monoisotopic (exact) mass is 472 g/mol. The molecule has 3 amide bonds. The molecule has 0 saturated carbocycles. The minimum absolute atomic E-state index is 0.156. The molecule has 1 N–H and O–H groups in total. The number of nitrogens with one attached hydrogen (secondary N) is 1. The smallest absolute Gasteiger partial charge is 0.261 e. The number of benzene rings is 2. The fourth-order valence-corrected chi connectivity index (χ4v) is 3.99. The first kappa shape index (κ1) is 20.4. The van der Waals surface area contributed by atoms with Gasteiger partial charge in [-0.15, -0.1) is 0 Å². The van der Waals surface area contributed by atoms with Gasteiger partial charge in [0, 0.05) is 17.4 Å². The molecule has 8 heteroatoms. The number of amides is 3. The van der Waals surface area contributed by atoms with Gasteiger partial charge in [-0.3, -0.25) is 19.3 Å². The predicted octanol–water partition coefficient (Wildman–Crippen LogP) is 3.61. The van der Waals surface area contributed by atoms with Crippen molar-refractivity contribution in [2.24, 2.45) is 0 Å². The molecule has 2 aliphatic heterocycles. The Bertz CT molecular complexity index is 1050. The number of nitrogens with zero attached hydrogens (tertiary/aromatic N) is 1. The first-order valence-corrected chi connectivity index (χ1v) is 10.4. The Morgan fingerprint density at radius 2 is 1.80 bits per heavy atom. The molecule has 2 aliphatic rings. The van der Waals surface area contributed by atoms with Crippen molar-refractivity contribution in [3.05, 3.63) is 57.6 Å². The lowest BCUT2D eigenvalue weighted by atomic mass is 9.93. The molecule has 0 atom stereocenters. The van der Waals surface area contributed by atoms with Crippen LogP contribution in [0.15, 0.2) is 40.9 Å². The molecule has 30 heavy (non-hydrogen) atoms. The molecule has 0 radical (unpaired) electrons. The molecule has 0 spiro atoms. The summed E-state index contributed by atoms with van der Waals surface area (Å²) in [6, 6.07) is 10.6. The van der Waals surface area contributed by atoms with Gasteiger partial charge in [0.25, 0.3) is 11.8 Å². The quantitative estimate of drug-likeness (QED) is 0.649. The Labute approximate surface area is 182 Å². The normalized spacial score (nSPS) is 14.8. The van der Waals surface area contributed by atoms with E-state index in [9.17, 15) is 14.4 Å². The summed E-state index contributed by atoms with van der Waals surface area (Å²) in [7, 11) is 0. The van der Waals surface area contributed by atoms with Crippen LogP contribution in [-0.4, -0.2) is 36.0 Å². The number of fused-ring (bicyclic) bond motifs is 2. The van der Waals surface area contributed by atoms with E-state index in [0.29, 0.717) is 29.0 Å². The molecule has 0 fully saturated rings. The maximum absolute atomic E-state index is 12.5. The van der Waals surface area contributed by atoms with Gasteiger partial charge in [0.2, 0.25) is 12.7 Å². The van der Waals surface area contributed by atoms with Crippen LogP contribution in [0.3, 0.4) is 0 Å². The minimum Gasteiger partial charge on any atom is -0.454 e. The lowest BCUT2D eigenvalue weighted by molar-refractivity contribution is -0.122. The molecular formula is C22H21BrN2O5. The largest absolute Gasteiger partial charge is 0.454 e. The molecule has 0 aromatic heterocycles. The Balaban J connectivity index is 1.33. The summed E-state index contributed by atoms with van der Waals surface area (Å²) in [4.78, 5) is 38.7. The molecule has 0 unspecified atom stereocenters. The van der Waals surface area contributed by atoms with Gasteiger partial charge in [0.05, 0.1) is 16.7 Å². The van der Waals surface area contributed by atoms with Gasteiger partial charge in [-0.05, 0) is 56.2 Å². The molecule has 2 aromatic carbocycles. The number of carbonyl (C=O) groups is 3. The van der Waals surface area contributed by atoms with E-state index in [2.05, 4.69) is 21.2 Å². The number of rotatable bonds is 6. The van der Waals surface area contributed by atoms with Crippen molar-refractivity contribution in [1.29, 1.82) is 0 Å². The second kappa shape index (κ2) is 7.75. The topological polar surface area (TPSA) is 84.9 Å². The third kappa shape index (κ3) is 3.79. The van der Waals surface area contributed by atoms with Gasteiger partial charge in [-0.2, -0.15) is 0 Å². The third-order valence-corrected chi connectivity index (χ3v) is 5.76. The van der Waals surface area contributed by atoms with Crippen LogP contribution >= 0.6 is 15.9 Å². The van der Waals surface area contributed by atoms with Crippen molar-refractivity contribution in [1.82, 2.24) is 10.2 Å². The number of hydrogen-bond acceptors (Lipinski definition) is 5. The van der Waals surface area contributed by atoms with Gasteiger partial charge in [0.1, 0.15) is 0 Å². The Morgan fingerprint density at radius 1 is 1.07 bits per heavy atom. The second-order valence-corrected chi connectivity index (χ2v) is 8.71. The third-order valence-electron chi connectivity index (χ3n) is 5.26. The van der Waals surface area contributed by atoms with E-state index >= 15 is 0 Å². The Hall–Kier alpha value is -2.87. The van der Waals surface area contributed by atoms with Crippen LogP contribution in [0.5, 0.6) is 11.5 Å². The van der Waals surface area contributed by atoms with E-state index in [1.54, 1.807) is 18.2 Å². The average molecular weight is 473 g/mol. The molecule has 4 rings (SSSR count). The predicted molar refractivity (Wildman–Crippen MR) is 112 cm³/mol. The van der Waals surface area contributed by atoms with Crippen molar-refractivity contribution in [3.8, 4) is 11.5 Å². The van der Waals surface area contributed by atoms with Crippen LogP contribution in [0.2, 0.25) is 0 Å². The summed E-state index contributed by atoms with van der Waals surface area (Å²) in [5, 5.41) is 3.01. The maximum Gasteiger partial charge on any atom is 0.261 e. The van der Waals surface area contributed by atoms with Gasteiger partial charge >= 0.3 is 0 Å². The van der Waals surface area contributed by atoms with Crippen LogP contribution in [-0.2, 0) is 10.3 Å². The maximum atomic E-state index is 12.5. The van der Waals surface area contributed by atoms with Crippen LogP contribution in [0, 0.1) is 0 Å². The van der Waals surface area contributed by atoms with E-state index in [4.69, 9.17) is 9.47 Å². The molecule has 0 aliphatic carbocycles. The molecule has 2 heterocycles. The number of halogens is 1. The highest BCUT2D eigenvalue weighted by atomic mass is 79.9. The van der Waals surface area contributed by atoms with Crippen molar-refractivity contribution in [3.63, 3.8) is 0 Å². The average Bonchev–Trinajstić information content (AvgIpc) is 3.25. The zero-order valence-corrected chi connectivity index (χ0v) is 18.2. The summed E-state index contributed by atoms with van der Waals surface area (Å²) >= 11 is 3.32. The summed E-state index contributed by atoms with van der Waals surface area (Å²) in [5.74, 6) is 0.555. The van der Waals surface area contributed by atoms with Crippen molar-refractivity contribution < 1.29 is 23.9 Å². The van der Waals surface area contributed by atoms with E-state index < -0.39 is 5.54 Å². The van der Waals surface area contributed by atoms with Crippen molar-refractivity contribution >= 4 is 33.7 Å². The summed E-state index contributed by atoms with van der Waals surface area (Å²) in [5.41, 5.74) is 1.07. The van der Waals surface area contributed by atoms with E-state index in [1.807, 2.05) is 32.0 Å². The van der Waals surface area contributed by atoms with Crippen molar-refractivity contribution in [2.75, 3.05) is 13.3 Å². The minimum atomic E-state index is -0.611. The molecule has 0 saturated heterocycles. The number of imide groups is 1. The fraction of sp³-hybridized carbons (Fsp3) is 0.318. The highest BCUT2D eigenvalue weighted by Gasteiger charge is 2.35. The number of hydrogen-bond donors (Lipinski definition) is 1. The van der Waals surface area contributed by atoms with Crippen LogP contribution < -0.4 is 14.8 Å². The standard InChI is InChI=1S/C22H21BrN2O5/c1-22(2,13-5-8-17-18(10-13)30-12-29-17)24-19(26)4-3-9-25-20(27)15-7-6-14(23)11-16(15)21(25)28/h5-8,10-11H,3-4,9,12H2,1-2H3,(H,24,26). The van der Waals surface area contributed by atoms with E-state index in [-0.39, 0.29) is 37.5 Å². The van der Waals surface area contributed by atoms with Crippen LogP contribution in [0.25, 0.3) is 0 Å². The van der Waals surface area contributed by atoms with Crippen LogP contribution in [0.1, 0.15) is 53.0 Å². The number of ether oxygens (including phenoxy) is 2. The Morgan fingerprint density at radius 3 is 2.60 bits per heavy atom. The van der Waals surface area contributed by atoms with Gasteiger partial charge in [0.15, 0.2) is 11.5 Å². The zero-order valence-electron chi connectivity index (χ0n) is 16.7. The molecule has 7 nitrogen and oxygen atoms in total. The zero-order chi connectivity index (χ0) is 21.5. The lowest BCUT2D eigenvalue weighted by Crippen LogP contribution is -2.41. The van der Waals surface area contributed by atoms with Crippen LogP contribution in [0.4, 0.5) is 0 Å². The van der Waals surface area contributed by atoms with Gasteiger partial charge in [-0.25, -0.2) is 0 Å². The molecular weight excluding hydrogens is 452 g/mol.